The minimum absolute atomic E-state index is 0.0189. The van der Waals surface area contributed by atoms with Crippen molar-refractivity contribution in [1.82, 2.24) is 0 Å². The molecule has 0 heterocycles. The zero-order valence-corrected chi connectivity index (χ0v) is 16.1. The fourth-order valence-corrected chi connectivity index (χ4v) is 3.04. The van der Waals surface area contributed by atoms with E-state index in [0.29, 0.717) is 6.42 Å². The summed E-state index contributed by atoms with van der Waals surface area (Å²) in [5.74, 6) is -1.45. The molecule has 0 spiro atoms. The Morgan fingerprint density at radius 3 is 2.55 bits per heavy atom. The molecule has 2 rings (SSSR count). The van der Waals surface area contributed by atoms with E-state index in [4.69, 9.17) is 14.6 Å². The maximum atomic E-state index is 12.6. The summed E-state index contributed by atoms with van der Waals surface area (Å²) in [6, 6.07) is 4.27. The number of carboxylic acids is 1. The van der Waals surface area contributed by atoms with Gasteiger partial charge in [-0.2, -0.15) is 13.2 Å². The fourth-order valence-electron chi connectivity index (χ4n) is 3.04. The number of rotatable bonds is 6. The number of alkyl halides is 3. The largest absolute Gasteiger partial charge is 0.481 e. The number of hydrogen-bond acceptors (Lipinski definition) is 5. The fraction of sp³-hybridized carbons (Fsp3) is 0.500. The second kappa shape index (κ2) is 11.0. The van der Waals surface area contributed by atoms with E-state index >= 15 is 0 Å². The van der Waals surface area contributed by atoms with E-state index in [1.807, 2.05) is 6.92 Å². The number of ketones is 1. The third kappa shape index (κ3) is 8.25. The molecule has 1 aliphatic carbocycles. The monoisotopic (exact) mass is 418 g/mol. The van der Waals surface area contributed by atoms with Crippen LogP contribution in [0.4, 0.5) is 13.2 Å². The first kappa shape index (κ1) is 24.6. The molecular formula is C20H25F3O6. The number of carbonyl (C=O) groups is 2. The van der Waals surface area contributed by atoms with Gasteiger partial charge in [0.15, 0.2) is 0 Å². The quantitative estimate of drug-likeness (QED) is 0.483. The van der Waals surface area contributed by atoms with Gasteiger partial charge >= 0.3 is 6.18 Å². The van der Waals surface area contributed by atoms with E-state index < -0.39 is 30.1 Å². The number of aliphatic hydroxyl groups is 2. The number of benzene rings is 1. The van der Waals surface area contributed by atoms with Gasteiger partial charge in [-0.05, 0) is 24.6 Å². The van der Waals surface area contributed by atoms with Crippen LogP contribution in [-0.4, -0.2) is 39.5 Å². The minimum Gasteiger partial charge on any atom is -0.481 e. The molecule has 1 unspecified atom stereocenters. The van der Waals surface area contributed by atoms with E-state index in [9.17, 15) is 28.2 Å². The summed E-state index contributed by atoms with van der Waals surface area (Å²) in [7, 11) is 0. The zero-order chi connectivity index (χ0) is 22.2. The summed E-state index contributed by atoms with van der Waals surface area (Å²) in [6.07, 6.45) is -2.53. The summed E-state index contributed by atoms with van der Waals surface area (Å²) < 4.78 is 43.0. The molecule has 1 aromatic carbocycles. The molecule has 29 heavy (non-hydrogen) atoms. The van der Waals surface area contributed by atoms with E-state index in [0.717, 1.165) is 19.1 Å². The van der Waals surface area contributed by atoms with Crippen LogP contribution in [0.1, 0.15) is 38.7 Å². The Bertz CT molecular complexity index is 712. The standard InChI is InChI=1S/C18H21F3O4.C2H4O2/c1-2-13-14(16(23)10-15(13)22)7-4-8-17(24)25-12-6-3-5-11(9-12)18(19,20)21;1-2(3)4/h3-7,9,13-14,16-17,23-24H,2,8,10H2,1H3;1H3,(H,3,4)/b7-4+;/t13-,14-,16-,17?;/m1./s1. The van der Waals surface area contributed by atoms with E-state index in [1.165, 1.54) is 12.1 Å². The molecule has 1 fully saturated rings. The van der Waals surface area contributed by atoms with Gasteiger partial charge in [-0.25, -0.2) is 0 Å². The predicted octanol–water partition coefficient (Wildman–Crippen LogP) is 3.42. The van der Waals surface area contributed by atoms with Crippen molar-refractivity contribution in [2.45, 2.75) is 51.7 Å². The Morgan fingerprint density at radius 2 is 2.00 bits per heavy atom. The van der Waals surface area contributed by atoms with Gasteiger partial charge < -0.3 is 20.1 Å². The van der Waals surface area contributed by atoms with Crippen molar-refractivity contribution in [2.75, 3.05) is 0 Å². The van der Waals surface area contributed by atoms with Crippen molar-refractivity contribution in [2.24, 2.45) is 11.8 Å². The van der Waals surface area contributed by atoms with Crippen LogP contribution in [0.2, 0.25) is 0 Å². The van der Waals surface area contributed by atoms with Crippen LogP contribution >= 0.6 is 0 Å². The summed E-state index contributed by atoms with van der Waals surface area (Å²) >= 11 is 0. The second-order valence-corrected chi connectivity index (χ2v) is 6.61. The normalized spacial score (nSPS) is 22.9. The molecule has 4 atom stereocenters. The lowest BCUT2D eigenvalue weighted by Crippen LogP contribution is -2.18. The average Bonchev–Trinajstić information content (AvgIpc) is 2.86. The molecule has 1 aliphatic rings. The molecule has 3 N–H and O–H groups in total. The summed E-state index contributed by atoms with van der Waals surface area (Å²) in [6.45, 7) is 2.95. The van der Waals surface area contributed by atoms with Gasteiger partial charge in [-0.3, -0.25) is 9.59 Å². The number of hydrogen-bond donors (Lipinski definition) is 3. The number of halogens is 3. The van der Waals surface area contributed by atoms with Crippen LogP contribution in [0.5, 0.6) is 5.75 Å². The molecule has 0 radical (unpaired) electrons. The number of carboxylic acid groups (broad SMARTS) is 1. The van der Waals surface area contributed by atoms with Crippen molar-refractivity contribution in [3.63, 3.8) is 0 Å². The van der Waals surface area contributed by atoms with Crippen LogP contribution in [0, 0.1) is 11.8 Å². The van der Waals surface area contributed by atoms with Crippen molar-refractivity contribution < 1.29 is 42.8 Å². The third-order valence-electron chi connectivity index (χ3n) is 4.30. The first-order valence-electron chi connectivity index (χ1n) is 9.04. The van der Waals surface area contributed by atoms with Gasteiger partial charge in [0.05, 0.1) is 11.7 Å². The van der Waals surface area contributed by atoms with E-state index in [2.05, 4.69) is 0 Å². The van der Waals surface area contributed by atoms with Gasteiger partial charge in [0.25, 0.3) is 5.97 Å². The van der Waals surface area contributed by atoms with Crippen molar-refractivity contribution in [1.29, 1.82) is 0 Å². The third-order valence-corrected chi connectivity index (χ3v) is 4.30. The molecule has 6 nitrogen and oxygen atoms in total. The molecule has 0 bridgehead atoms. The highest BCUT2D eigenvalue weighted by molar-refractivity contribution is 5.84. The number of aliphatic hydroxyl groups excluding tert-OH is 2. The molecule has 0 aliphatic heterocycles. The molecular weight excluding hydrogens is 393 g/mol. The van der Waals surface area contributed by atoms with Gasteiger partial charge in [0.2, 0.25) is 6.29 Å². The lowest BCUT2D eigenvalue weighted by molar-refractivity contribution is -0.138. The summed E-state index contributed by atoms with van der Waals surface area (Å²) in [4.78, 5) is 20.7. The highest BCUT2D eigenvalue weighted by Crippen LogP contribution is 2.33. The van der Waals surface area contributed by atoms with E-state index in [-0.39, 0.29) is 36.2 Å². The zero-order valence-electron chi connectivity index (χ0n) is 16.1. The van der Waals surface area contributed by atoms with E-state index in [1.54, 1.807) is 12.2 Å². The number of Topliss-reactive ketones (excluding diaryl/α,β-unsaturated/α-hetero) is 1. The molecule has 1 saturated carbocycles. The van der Waals surface area contributed by atoms with Gasteiger partial charge in [-0.1, -0.05) is 25.1 Å². The number of ether oxygens (including phenoxy) is 1. The predicted molar refractivity (Wildman–Crippen MR) is 98.0 cm³/mol. The topological polar surface area (TPSA) is 104 Å². The van der Waals surface area contributed by atoms with Gasteiger partial charge in [-0.15, -0.1) is 0 Å². The Balaban J connectivity index is 0.000000960. The molecule has 9 heteroatoms. The van der Waals surface area contributed by atoms with Crippen LogP contribution in [0.25, 0.3) is 0 Å². The Kier molecular flexibility index (Phi) is 9.32. The summed E-state index contributed by atoms with van der Waals surface area (Å²) in [5.41, 5.74) is -0.855. The Hall–Kier alpha value is -2.39. The van der Waals surface area contributed by atoms with Gasteiger partial charge in [0, 0.05) is 31.6 Å². The lowest BCUT2D eigenvalue weighted by atomic mass is 9.91. The molecule has 0 amide bonds. The highest BCUT2D eigenvalue weighted by Gasteiger charge is 2.38. The summed E-state index contributed by atoms with van der Waals surface area (Å²) in [5, 5.41) is 27.1. The minimum atomic E-state index is -4.48. The Morgan fingerprint density at radius 1 is 1.38 bits per heavy atom. The van der Waals surface area contributed by atoms with Crippen LogP contribution in [0.3, 0.4) is 0 Å². The number of aliphatic carboxylic acids is 1. The highest BCUT2D eigenvalue weighted by atomic mass is 19.4. The maximum absolute atomic E-state index is 12.6. The van der Waals surface area contributed by atoms with Crippen molar-refractivity contribution >= 4 is 11.8 Å². The average molecular weight is 418 g/mol. The van der Waals surface area contributed by atoms with Crippen LogP contribution in [0.15, 0.2) is 36.4 Å². The maximum Gasteiger partial charge on any atom is 0.416 e. The smallest absolute Gasteiger partial charge is 0.416 e. The first-order chi connectivity index (χ1) is 13.5. The van der Waals surface area contributed by atoms with Crippen LogP contribution < -0.4 is 4.74 Å². The van der Waals surface area contributed by atoms with Crippen molar-refractivity contribution in [3.05, 3.63) is 42.0 Å². The lowest BCUT2D eigenvalue weighted by Gasteiger charge is -2.16. The molecule has 0 aromatic heterocycles. The number of carbonyl (C=O) groups excluding carboxylic acids is 1. The SMILES string of the molecule is CC(=O)O.CC[C@H]1C(=O)C[C@@H](O)[C@@H]1/C=C/CC(O)Oc1cccc(C(F)(F)F)c1. The van der Waals surface area contributed by atoms with Crippen LogP contribution in [-0.2, 0) is 15.8 Å². The second-order valence-electron chi connectivity index (χ2n) is 6.61. The molecule has 1 aromatic rings. The van der Waals surface area contributed by atoms with Crippen molar-refractivity contribution in [3.8, 4) is 5.75 Å². The Labute approximate surface area is 166 Å². The molecule has 0 saturated heterocycles. The molecule has 162 valence electrons. The first-order valence-corrected chi connectivity index (χ1v) is 9.04. The van der Waals surface area contributed by atoms with Gasteiger partial charge in [0.1, 0.15) is 11.5 Å².